The largest absolute Gasteiger partial charge is 0.506 e. The Labute approximate surface area is 93.2 Å². The Hall–Kier alpha value is 0.0569. The molecule has 1 unspecified atom stereocenters. The minimum absolute atomic E-state index is 0.317. The van der Waals surface area contributed by atoms with E-state index >= 15 is 0 Å². The molecule has 5 heteroatoms. The van der Waals surface area contributed by atoms with Crippen LogP contribution in [-0.4, -0.2) is 41.8 Å². The number of ether oxygens (including phenoxy) is 1. The number of rotatable bonds is 7. The van der Waals surface area contributed by atoms with Gasteiger partial charge in [-0.2, -0.15) is 0 Å². The van der Waals surface area contributed by atoms with Crippen molar-refractivity contribution in [1.29, 1.82) is 0 Å². The Morgan fingerprint density at radius 2 is 1.60 bits per heavy atom. The summed E-state index contributed by atoms with van der Waals surface area (Å²) in [6.45, 7) is 9.38. The molecule has 90 valence electrons. The van der Waals surface area contributed by atoms with Crippen LogP contribution in [0.25, 0.3) is 0 Å². The lowest BCUT2D eigenvalue weighted by atomic mass is 10.4. The molecule has 1 aliphatic rings. The maximum atomic E-state index is 5.81. The Bertz CT molecular complexity index is 154. The first-order valence-electron chi connectivity index (χ1n) is 5.78. The SMILES string of the molecule is CCO[Si](OCC)(OCC)C1CCOC1. The summed E-state index contributed by atoms with van der Waals surface area (Å²) in [5.41, 5.74) is 0.317. The second-order valence-electron chi connectivity index (χ2n) is 3.46. The van der Waals surface area contributed by atoms with Gasteiger partial charge in [0.25, 0.3) is 0 Å². The number of hydrogen-bond acceptors (Lipinski definition) is 4. The van der Waals surface area contributed by atoms with Gasteiger partial charge in [0.15, 0.2) is 0 Å². The van der Waals surface area contributed by atoms with E-state index in [0.717, 1.165) is 13.0 Å². The summed E-state index contributed by atoms with van der Waals surface area (Å²) in [4.78, 5) is 0. The van der Waals surface area contributed by atoms with Gasteiger partial charge in [-0.15, -0.1) is 0 Å². The summed E-state index contributed by atoms with van der Waals surface area (Å²) in [5, 5.41) is 0. The lowest BCUT2D eigenvalue weighted by Gasteiger charge is -2.32. The fourth-order valence-electron chi connectivity index (χ4n) is 1.90. The zero-order chi connectivity index (χ0) is 11.1. The van der Waals surface area contributed by atoms with Crippen molar-refractivity contribution in [1.82, 2.24) is 0 Å². The van der Waals surface area contributed by atoms with Crippen LogP contribution >= 0.6 is 0 Å². The van der Waals surface area contributed by atoms with E-state index < -0.39 is 8.80 Å². The standard InChI is InChI=1S/C10H22O4Si/c1-4-12-15(13-5-2,14-6-3)10-7-8-11-9-10/h10H,4-9H2,1-3H3. The van der Waals surface area contributed by atoms with Crippen molar-refractivity contribution in [2.45, 2.75) is 32.7 Å². The van der Waals surface area contributed by atoms with Crippen molar-refractivity contribution in [3.05, 3.63) is 0 Å². The molecule has 1 heterocycles. The molecule has 1 rings (SSSR count). The highest BCUT2D eigenvalue weighted by Gasteiger charge is 2.50. The van der Waals surface area contributed by atoms with Gasteiger partial charge in [-0.05, 0) is 27.2 Å². The Morgan fingerprint density at radius 3 is 1.93 bits per heavy atom. The lowest BCUT2D eigenvalue weighted by molar-refractivity contribution is 0.0585. The quantitative estimate of drug-likeness (QED) is 0.630. The summed E-state index contributed by atoms with van der Waals surface area (Å²) in [5.74, 6) is 0. The van der Waals surface area contributed by atoms with Gasteiger partial charge in [0, 0.05) is 26.4 Å². The first-order chi connectivity index (χ1) is 7.29. The van der Waals surface area contributed by atoms with Gasteiger partial charge in [-0.25, -0.2) is 0 Å². The zero-order valence-corrected chi connectivity index (χ0v) is 11.0. The van der Waals surface area contributed by atoms with Crippen molar-refractivity contribution in [2.75, 3.05) is 33.0 Å². The van der Waals surface area contributed by atoms with Crippen LogP contribution in [0.1, 0.15) is 27.2 Å². The van der Waals surface area contributed by atoms with Gasteiger partial charge in [0.05, 0.1) is 12.1 Å². The molecule has 0 aromatic rings. The second kappa shape index (κ2) is 6.60. The molecule has 1 atom stereocenters. The normalized spacial score (nSPS) is 22.2. The molecular formula is C10H22O4Si. The van der Waals surface area contributed by atoms with Crippen LogP contribution in [0.4, 0.5) is 0 Å². The Kier molecular flexibility index (Phi) is 5.77. The molecular weight excluding hydrogens is 212 g/mol. The smallest absolute Gasteiger partial charge is 0.381 e. The van der Waals surface area contributed by atoms with Crippen molar-refractivity contribution in [3.8, 4) is 0 Å². The molecule has 1 fully saturated rings. The average molecular weight is 234 g/mol. The first-order valence-corrected chi connectivity index (χ1v) is 7.58. The minimum Gasteiger partial charge on any atom is -0.381 e. The summed E-state index contributed by atoms with van der Waals surface area (Å²) in [7, 11) is -2.49. The van der Waals surface area contributed by atoms with Crippen LogP contribution in [0, 0.1) is 0 Å². The van der Waals surface area contributed by atoms with E-state index in [0.29, 0.717) is 32.0 Å². The topological polar surface area (TPSA) is 36.9 Å². The second-order valence-corrected chi connectivity index (χ2v) is 6.35. The van der Waals surface area contributed by atoms with Crippen molar-refractivity contribution in [2.24, 2.45) is 0 Å². The molecule has 0 aromatic carbocycles. The van der Waals surface area contributed by atoms with Gasteiger partial charge in [-0.1, -0.05) is 0 Å². The first kappa shape index (κ1) is 13.1. The third-order valence-corrected chi connectivity index (χ3v) is 5.99. The molecule has 0 aromatic heterocycles. The van der Waals surface area contributed by atoms with Crippen LogP contribution < -0.4 is 0 Å². The van der Waals surface area contributed by atoms with E-state index in [-0.39, 0.29) is 0 Å². The zero-order valence-electron chi connectivity index (χ0n) is 9.95. The minimum atomic E-state index is -2.49. The van der Waals surface area contributed by atoms with Crippen LogP contribution in [0.15, 0.2) is 0 Å². The van der Waals surface area contributed by atoms with Crippen LogP contribution in [0.2, 0.25) is 5.54 Å². The van der Waals surface area contributed by atoms with Crippen molar-refractivity contribution < 1.29 is 18.0 Å². The van der Waals surface area contributed by atoms with E-state index in [4.69, 9.17) is 18.0 Å². The molecule has 0 N–H and O–H groups in total. The molecule has 0 radical (unpaired) electrons. The Morgan fingerprint density at radius 1 is 1.07 bits per heavy atom. The highest BCUT2D eigenvalue weighted by Crippen LogP contribution is 2.33. The highest BCUT2D eigenvalue weighted by molar-refractivity contribution is 6.62. The maximum absolute atomic E-state index is 5.81. The Balaban J connectivity index is 2.68. The predicted octanol–water partition coefficient (Wildman–Crippen LogP) is 1.83. The molecule has 0 spiro atoms. The third-order valence-electron chi connectivity index (χ3n) is 2.47. The molecule has 1 saturated heterocycles. The van der Waals surface area contributed by atoms with E-state index in [9.17, 15) is 0 Å². The van der Waals surface area contributed by atoms with E-state index in [2.05, 4.69) is 0 Å². The molecule has 1 aliphatic heterocycles. The van der Waals surface area contributed by atoms with Crippen LogP contribution in [0.5, 0.6) is 0 Å². The monoisotopic (exact) mass is 234 g/mol. The van der Waals surface area contributed by atoms with Crippen molar-refractivity contribution >= 4 is 8.80 Å². The summed E-state index contributed by atoms with van der Waals surface area (Å²) in [6, 6.07) is 0. The summed E-state index contributed by atoms with van der Waals surface area (Å²) < 4.78 is 22.8. The molecule has 0 aliphatic carbocycles. The lowest BCUT2D eigenvalue weighted by Crippen LogP contribution is -2.50. The summed E-state index contributed by atoms with van der Waals surface area (Å²) >= 11 is 0. The molecule has 15 heavy (non-hydrogen) atoms. The predicted molar refractivity (Wildman–Crippen MR) is 59.8 cm³/mol. The molecule has 0 saturated carbocycles. The van der Waals surface area contributed by atoms with Crippen molar-refractivity contribution in [3.63, 3.8) is 0 Å². The van der Waals surface area contributed by atoms with Gasteiger partial charge in [0.1, 0.15) is 0 Å². The average Bonchev–Trinajstić information content (AvgIpc) is 2.72. The van der Waals surface area contributed by atoms with Gasteiger partial charge in [-0.3, -0.25) is 0 Å². The van der Waals surface area contributed by atoms with Gasteiger partial charge in [0.2, 0.25) is 0 Å². The maximum Gasteiger partial charge on any atom is 0.506 e. The fraction of sp³-hybridized carbons (Fsp3) is 1.00. The fourth-order valence-corrected chi connectivity index (χ4v) is 4.85. The third kappa shape index (κ3) is 3.25. The van der Waals surface area contributed by atoms with E-state index in [1.807, 2.05) is 20.8 Å². The van der Waals surface area contributed by atoms with Gasteiger partial charge < -0.3 is 18.0 Å². The number of hydrogen-bond donors (Lipinski definition) is 0. The van der Waals surface area contributed by atoms with Gasteiger partial charge >= 0.3 is 8.80 Å². The van der Waals surface area contributed by atoms with E-state index in [1.165, 1.54) is 0 Å². The van der Waals surface area contributed by atoms with Crippen LogP contribution in [-0.2, 0) is 18.0 Å². The molecule has 4 nitrogen and oxygen atoms in total. The molecule has 0 bridgehead atoms. The molecule has 0 amide bonds. The highest BCUT2D eigenvalue weighted by atomic mass is 28.4. The van der Waals surface area contributed by atoms with Crippen LogP contribution in [0.3, 0.4) is 0 Å². The van der Waals surface area contributed by atoms with E-state index in [1.54, 1.807) is 0 Å². The summed E-state index contributed by atoms with van der Waals surface area (Å²) in [6.07, 6.45) is 0.992.